The summed E-state index contributed by atoms with van der Waals surface area (Å²) in [6.07, 6.45) is -2.04. The number of thiocarbonyl (C=S) groups is 1. The molecule has 1 atom stereocenters. The second kappa shape index (κ2) is 7.66. The Morgan fingerprint density at radius 2 is 1.85 bits per heavy atom. The van der Waals surface area contributed by atoms with Crippen molar-refractivity contribution in [2.45, 2.75) is 38.5 Å². The number of anilines is 1. The molecule has 1 aliphatic rings. The van der Waals surface area contributed by atoms with E-state index in [2.05, 4.69) is 17.1 Å². The van der Waals surface area contributed by atoms with Crippen LogP contribution in [0, 0.1) is 5.92 Å². The molecule has 0 radical (unpaired) electrons. The molecule has 0 aromatic heterocycles. The lowest BCUT2D eigenvalue weighted by molar-refractivity contribution is -0.137. The first kappa shape index (κ1) is 18.7. The number of alkyl halides is 3. The van der Waals surface area contributed by atoms with Crippen LogP contribution in [-0.4, -0.2) is 16.1 Å². The van der Waals surface area contributed by atoms with Crippen molar-refractivity contribution in [3.05, 3.63) is 65.7 Å². The molecule has 2 nitrogen and oxygen atoms in total. The lowest BCUT2D eigenvalue weighted by Gasteiger charge is -2.32. The van der Waals surface area contributed by atoms with Crippen LogP contribution >= 0.6 is 12.2 Å². The van der Waals surface area contributed by atoms with Crippen LogP contribution < -0.4 is 5.32 Å². The highest BCUT2D eigenvalue weighted by atomic mass is 32.1. The third kappa shape index (κ3) is 4.75. The predicted octanol–water partition coefficient (Wildman–Crippen LogP) is 5.70. The summed E-state index contributed by atoms with van der Waals surface area (Å²) in [6, 6.07) is 15.3. The van der Waals surface area contributed by atoms with Gasteiger partial charge in [0, 0.05) is 18.3 Å². The molecule has 2 aromatic rings. The highest BCUT2D eigenvalue weighted by Gasteiger charge is 2.34. The molecule has 1 aliphatic carbocycles. The summed E-state index contributed by atoms with van der Waals surface area (Å²) >= 11 is 5.55. The van der Waals surface area contributed by atoms with Crippen LogP contribution in [0.3, 0.4) is 0 Å². The summed E-state index contributed by atoms with van der Waals surface area (Å²) in [6.45, 7) is 2.75. The Bertz CT molecular complexity index is 757. The van der Waals surface area contributed by atoms with E-state index < -0.39 is 11.7 Å². The quantitative estimate of drug-likeness (QED) is 0.672. The third-order valence-corrected chi connectivity index (χ3v) is 5.03. The van der Waals surface area contributed by atoms with Gasteiger partial charge in [0.25, 0.3) is 0 Å². The molecule has 0 aliphatic heterocycles. The van der Waals surface area contributed by atoms with Gasteiger partial charge >= 0.3 is 6.18 Å². The van der Waals surface area contributed by atoms with Crippen LogP contribution in [0.15, 0.2) is 54.6 Å². The van der Waals surface area contributed by atoms with E-state index in [-0.39, 0.29) is 6.04 Å². The van der Waals surface area contributed by atoms with Gasteiger partial charge in [-0.05, 0) is 61.7 Å². The average molecular weight is 378 g/mol. The van der Waals surface area contributed by atoms with E-state index in [0.717, 1.165) is 17.7 Å². The van der Waals surface area contributed by atoms with Crippen molar-refractivity contribution in [1.82, 2.24) is 4.90 Å². The topological polar surface area (TPSA) is 15.3 Å². The molecule has 0 spiro atoms. The number of hydrogen-bond acceptors (Lipinski definition) is 1. The second-order valence-electron chi connectivity index (χ2n) is 6.70. The molecule has 1 fully saturated rings. The molecule has 6 heteroatoms. The fraction of sp³-hybridized carbons (Fsp3) is 0.350. The minimum atomic E-state index is -4.37. The number of nitrogens with one attached hydrogen (secondary N) is 1. The zero-order valence-electron chi connectivity index (χ0n) is 14.5. The molecule has 138 valence electrons. The molecule has 1 N–H and O–H groups in total. The maximum atomic E-state index is 12.9. The van der Waals surface area contributed by atoms with E-state index in [9.17, 15) is 13.2 Å². The van der Waals surface area contributed by atoms with Crippen molar-refractivity contribution >= 4 is 23.0 Å². The lowest BCUT2D eigenvalue weighted by atomic mass is 10.1. The summed E-state index contributed by atoms with van der Waals surface area (Å²) in [5, 5.41) is 3.45. The predicted molar refractivity (Wildman–Crippen MR) is 102 cm³/mol. The van der Waals surface area contributed by atoms with E-state index in [1.165, 1.54) is 18.9 Å². The Labute approximate surface area is 157 Å². The van der Waals surface area contributed by atoms with Gasteiger partial charge in [0.2, 0.25) is 0 Å². The Balaban J connectivity index is 1.77. The smallest absolute Gasteiger partial charge is 0.342 e. The Kier molecular flexibility index (Phi) is 5.51. The van der Waals surface area contributed by atoms with Gasteiger partial charge in [-0.3, -0.25) is 0 Å². The van der Waals surface area contributed by atoms with Crippen molar-refractivity contribution in [1.29, 1.82) is 0 Å². The normalized spacial score (nSPS) is 15.4. The molecule has 2 aromatic carbocycles. The van der Waals surface area contributed by atoms with Gasteiger partial charge in [-0.25, -0.2) is 0 Å². The second-order valence-corrected chi connectivity index (χ2v) is 7.09. The number of halogens is 3. The van der Waals surface area contributed by atoms with Gasteiger partial charge in [-0.2, -0.15) is 13.2 Å². The Morgan fingerprint density at radius 3 is 2.46 bits per heavy atom. The largest absolute Gasteiger partial charge is 0.416 e. The molecule has 0 heterocycles. The fourth-order valence-electron chi connectivity index (χ4n) is 2.98. The summed E-state index contributed by atoms with van der Waals surface area (Å²) in [4.78, 5) is 2.07. The van der Waals surface area contributed by atoms with Crippen LogP contribution in [0.25, 0.3) is 0 Å². The van der Waals surface area contributed by atoms with Crippen molar-refractivity contribution in [2.75, 3.05) is 5.32 Å². The van der Waals surface area contributed by atoms with Crippen LogP contribution in [0.2, 0.25) is 0 Å². The number of benzene rings is 2. The minimum Gasteiger partial charge on any atom is -0.342 e. The van der Waals surface area contributed by atoms with Crippen molar-refractivity contribution in [2.24, 2.45) is 5.92 Å². The zero-order chi connectivity index (χ0) is 18.7. The maximum absolute atomic E-state index is 12.9. The van der Waals surface area contributed by atoms with Gasteiger partial charge in [-0.15, -0.1) is 0 Å². The van der Waals surface area contributed by atoms with E-state index in [4.69, 9.17) is 12.2 Å². The van der Waals surface area contributed by atoms with Gasteiger partial charge in [0.1, 0.15) is 0 Å². The van der Waals surface area contributed by atoms with Gasteiger partial charge in [-0.1, -0.05) is 36.4 Å². The first-order chi connectivity index (χ1) is 12.3. The molecular weight excluding hydrogens is 357 g/mol. The first-order valence-electron chi connectivity index (χ1n) is 8.63. The van der Waals surface area contributed by atoms with Gasteiger partial charge in [0.15, 0.2) is 5.11 Å². The number of hydrogen-bond donors (Lipinski definition) is 1. The first-order valence-corrected chi connectivity index (χ1v) is 9.04. The average Bonchev–Trinajstić information content (AvgIpc) is 3.44. The van der Waals surface area contributed by atoms with Crippen molar-refractivity contribution in [3.8, 4) is 0 Å². The summed E-state index contributed by atoms with van der Waals surface area (Å²) in [7, 11) is 0. The van der Waals surface area contributed by atoms with E-state index in [1.54, 1.807) is 6.07 Å². The molecule has 0 bridgehead atoms. The molecule has 0 unspecified atom stereocenters. The third-order valence-electron chi connectivity index (χ3n) is 4.69. The highest BCUT2D eigenvalue weighted by Crippen LogP contribution is 2.36. The molecule has 0 amide bonds. The number of nitrogens with zero attached hydrogens (tertiary/aromatic N) is 1. The molecule has 3 rings (SSSR count). The van der Waals surface area contributed by atoms with Crippen LogP contribution in [0.4, 0.5) is 18.9 Å². The monoisotopic (exact) mass is 378 g/mol. The van der Waals surface area contributed by atoms with Crippen LogP contribution in [0.5, 0.6) is 0 Å². The SMILES string of the molecule is C[C@H](C1CC1)N(Cc1ccccc1)C(=S)Nc1cccc(C(F)(F)F)c1. The Hall–Kier alpha value is -2.08. The van der Waals surface area contributed by atoms with Crippen LogP contribution in [0.1, 0.15) is 30.9 Å². The number of rotatable bonds is 5. The van der Waals surface area contributed by atoms with Gasteiger partial charge in [0.05, 0.1) is 5.56 Å². The van der Waals surface area contributed by atoms with Crippen molar-refractivity contribution in [3.63, 3.8) is 0 Å². The maximum Gasteiger partial charge on any atom is 0.416 e. The highest BCUT2D eigenvalue weighted by molar-refractivity contribution is 7.80. The Morgan fingerprint density at radius 1 is 1.15 bits per heavy atom. The van der Waals surface area contributed by atoms with E-state index in [0.29, 0.717) is 23.3 Å². The summed E-state index contributed by atoms with van der Waals surface area (Å²) < 4.78 is 38.8. The lowest BCUT2D eigenvalue weighted by Crippen LogP contribution is -2.41. The summed E-state index contributed by atoms with van der Waals surface area (Å²) in [5.74, 6) is 0.583. The van der Waals surface area contributed by atoms with Crippen molar-refractivity contribution < 1.29 is 13.2 Å². The molecule has 26 heavy (non-hydrogen) atoms. The standard InChI is InChI=1S/C20H21F3N2S/c1-14(16-10-11-16)25(13-15-6-3-2-4-7-15)19(26)24-18-9-5-8-17(12-18)20(21,22)23/h2-9,12,14,16H,10-11,13H2,1H3,(H,24,26)/t14-/m1/s1. The van der Waals surface area contributed by atoms with E-state index >= 15 is 0 Å². The summed E-state index contributed by atoms with van der Waals surface area (Å²) in [5.41, 5.74) is 0.786. The minimum absolute atomic E-state index is 0.237. The molecular formula is C20H21F3N2S. The van der Waals surface area contributed by atoms with Crippen LogP contribution in [-0.2, 0) is 12.7 Å². The van der Waals surface area contributed by atoms with E-state index in [1.807, 2.05) is 30.3 Å². The fourth-order valence-corrected chi connectivity index (χ4v) is 3.33. The van der Waals surface area contributed by atoms with Gasteiger partial charge < -0.3 is 10.2 Å². The molecule has 0 saturated heterocycles. The zero-order valence-corrected chi connectivity index (χ0v) is 15.3. The molecule has 1 saturated carbocycles.